The van der Waals surface area contributed by atoms with Crippen molar-refractivity contribution in [3.05, 3.63) is 41.5 Å². The smallest absolute Gasteiger partial charge is 0.182 e. The molecule has 0 aliphatic heterocycles. The van der Waals surface area contributed by atoms with Gasteiger partial charge in [0, 0.05) is 18.4 Å². The van der Waals surface area contributed by atoms with Gasteiger partial charge in [0.05, 0.1) is 31.0 Å². The predicted molar refractivity (Wildman–Crippen MR) is 130 cm³/mol. The highest BCUT2D eigenvalue weighted by Gasteiger charge is 2.45. The number of aromatic nitrogens is 4. The average Bonchev–Trinajstić information content (AvgIpc) is 3.41. The zero-order valence-corrected chi connectivity index (χ0v) is 20.5. The Bertz CT molecular complexity index is 1230. The molecule has 4 N–H and O–H groups in total. The van der Waals surface area contributed by atoms with Crippen LogP contribution >= 0.6 is 11.8 Å². The summed E-state index contributed by atoms with van der Waals surface area (Å²) in [6, 6.07) is 5.32. The molecule has 5 rings (SSSR count). The third kappa shape index (κ3) is 4.92. The summed E-state index contributed by atoms with van der Waals surface area (Å²) in [5, 5.41) is 43.0. The molecule has 194 valence electrons. The van der Waals surface area contributed by atoms with Gasteiger partial charge in [-0.15, -0.1) is 16.9 Å². The Labute approximate surface area is 210 Å². The Morgan fingerprint density at radius 2 is 2.00 bits per heavy atom. The topological polar surface area (TPSA) is 126 Å². The van der Waals surface area contributed by atoms with Crippen molar-refractivity contribution in [2.45, 2.75) is 67.5 Å². The number of hydrogen-bond acceptors (Lipinski definition) is 9. The number of rotatable bonds is 10. The van der Waals surface area contributed by atoms with Crippen molar-refractivity contribution < 1.29 is 28.8 Å². The molecule has 2 aromatic heterocycles. The SMILES string of the molecule is CCCSc1cc(NC2CC2c2ccc(F)c(F)c2)c2nnn(C3CC(OCCO)C(O)C3O)c2n1. The van der Waals surface area contributed by atoms with Crippen molar-refractivity contribution in [1.29, 1.82) is 0 Å². The van der Waals surface area contributed by atoms with Gasteiger partial charge in [0.2, 0.25) is 0 Å². The molecule has 12 heteroatoms. The molecule has 36 heavy (non-hydrogen) atoms. The second kappa shape index (κ2) is 10.5. The number of aliphatic hydroxyl groups is 3. The number of anilines is 1. The first-order valence-corrected chi connectivity index (χ1v) is 13.1. The average molecular weight is 522 g/mol. The highest BCUT2D eigenvalue weighted by molar-refractivity contribution is 7.99. The molecule has 0 radical (unpaired) electrons. The van der Waals surface area contributed by atoms with Gasteiger partial charge < -0.3 is 25.4 Å². The van der Waals surface area contributed by atoms with Gasteiger partial charge in [0.1, 0.15) is 17.2 Å². The van der Waals surface area contributed by atoms with Crippen LogP contribution in [0.2, 0.25) is 0 Å². The summed E-state index contributed by atoms with van der Waals surface area (Å²) in [7, 11) is 0. The molecule has 0 bridgehead atoms. The van der Waals surface area contributed by atoms with Crippen LogP contribution in [0.1, 0.15) is 43.7 Å². The van der Waals surface area contributed by atoms with E-state index in [-0.39, 0.29) is 25.2 Å². The molecule has 2 aliphatic carbocycles. The number of nitrogens with one attached hydrogen (secondary N) is 1. The number of hydrogen-bond donors (Lipinski definition) is 4. The van der Waals surface area contributed by atoms with Gasteiger partial charge in [0.15, 0.2) is 22.8 Å². The molecule has 9 nitrogen and oxygen atoms in total. The van der Waals surface area contributed by atoms with E-state index in [0.717, 1.165) is 40.9 Å². The Balaban J connectivity index is 1.43. The molecule has 3 aromatic rings. The zero-order valence-electron chi connectivity index (χ0n) is 19.7. The Kier molecular flexibility index (Phi) is 7.40. The van der Waals surface area contributed by atoms with Gasteiger partial charge in [-0.2, -0.15) is 0 Å². The quantitative estimate of drug-likeness (QED) is 0.298. The zero-order chi connectivity index (χ0) is 25.4. The fraction of sp³-hybridized carbons (Fsp3) is 0.542. The van der Waals surface area contributed by atoms with Crippen molar-refractivity contribution in [3.63, 3.8) is 0 Å². The largest absolute Gasteiger partial charge is 0.394 e. The maximum Gasteiger partial charge on any atom is 0.182 e. The molecule has 0 saturated heterocycles. The number of aliphatic hydroxyl groups excluding tert-OH is 3. The lowest BCUT2D eigenvalue weighted by Crippen LogP contribution is -2.33. The van der Waals surface area contributed by atoms with E-state index in [1.807, 2.05) is 6.07 Å². The van der Waals surface area contributed by atoms with Crippen LogP contribution in [0, 0.1) is 11.6 Å². The Morgan fingerprint density at radius 3 is 2.75 bits per heavy atom. The summed E-state index contributed by atoms with van der Waals surface area (Å²) in [5.41, 5.74) is 2.45. The minimum absolute atomic E-state index is 0.0183. The number of benzene rings is 1. The number of pyridine rings is 1. The van der Waals surface area contributed by atoms with Crippen molar-refractivity contribution in [3.8, 4) is 0 Å². The van der Waals surface area contributed by atoms with Crippen LogP contribution in [0.4, 0.5) is 14.5 Å². The van der Waals surface area contributed by atoms with Gasteiger partial charge in [-0.05, 0) is 42.4 Å². The summed E-state index contributed by atoms with van der Waals surface area (Å²) in [5.74, 6) is -0.815. The van der Waals surface area contributed by atoms with Crippen LogP contribution in [0.15, 0.2) is 29.3 Å². The molecule has 0 amide bonds. The monoisotopic (exact) mass is 521 g/mol. The Morgan fingerprint density at radius 1 is 1.17 bits per heavy atom. The first-order chi connectivity index (χ1) is 17.4. The molecule has 2 fully saturated rings. The standard InChI is InChI=1S/C24H29F2N5O4S/c1-2-7-36-20-10-17(27-16-9-13(16)12-3-4-14(25)15(26)8-12)21-24(28-20)31(30-29-21)18-11-19(35-6-5-32)23(34)22(18)33/h3-4,8,10,13,16,18-19,22-23,32-34H,2,5-7,9,11H2,1H3,(H,27,28). The van der Waals surface area contributed by atoms with E-state index in [4.69, 9.17) is 14.8 Å². The highest BCUT2D eigenvalue weighted by atomic mass is 32.2. The summed E-state index contributed by atoms with van der Waals surface area (Å²) in [6.45, 7) is 1.96. The second-order valence-corrected chi connectivity index (χ2v) is 10.4. The summed E-state index contributed by atoms with van der Waals surface area (Å²) in [4.78, 5) is 4.75. The first kappa shape index (κ1) is 25.3. The van der Waals surface area contributed by atoms with E-state index in [9.17, 15) is 19.0 Å². The highest BCUT2D eigenvalue weighted by Crippen LogP contribution is 2.44. The third-order valence-electron chi connectivity index (χ3n) is 6.70. The number of ether oxygens (including phenoxy) is 1. The predicted octanol–water partition coefficient (Wildman–Crippen LogP) is 2.62. The first-order valence-electron chi connectivity index (χ1n) is 12.1. The van der Waals surface area contributed by atoms with E-state index in [1.165, 1.54) is 10.7 Å². The third-order valence-corrected chi connectivity index (χ3v) is 7.82. The lowest BCUT2D eigenvalue weighted by molar-refractivity contribution is -0.0629. The molecule has 6 unspecified atom stereocenters. The molecule has 2 heterocycles. The van der Waals surface area contributed by atoms with E-state index < -0.39 is 36.0 Å². The molecule has 6 atom stereocenters. The number of halogens is 2. The van der Waals surface area contributed by atoms with Crippen molar-refractivity contribution in [2.75, 3.05) is 24.3 Å². The fourth-order valence-corrected chi connectivity index (χ4v) is 5.52. The van der Waals surface area contributed by atoms with Crippen molar-refractivity contribution in [2.24, 2.45) is 0 Å². The van der Waals surface area contributed by atoms with Gasteiger partial charge in [-0.25, -0.2) is 18.4 Å². The van der Waals surface area contributed by atoms with Gasteiger partial charge >= 0.3 is 0 Å². The summed E-state index contributed by atoms with van der Waals surface area (Å²) < 4.78 is 34.1. The van der Waals surface area contributed by atoms with Crippen LogP contribution in [0.25, 0.3) is 11.2 Å². The molecular formula is C24H29F2N5O4S. The van der Waals surface area contributed by atoms with E-state index >= 15 is 0 Å². The molecule has 2 saturated carbocycles. The van der Waals surface area contributed by atoms with Crippen LogP contribution in [-0.2, 0) is 4.74 Å². The molecule has 0 spiro atoms. The lowest BCUT2D eigenvalue weighted by atomic mass is 10.1. The van der Waals surface area contributed by atoms with E-state index in [1.54, 1.807) is 17.8 Å². The Hall–Kier alpha value is -2.38. The fourth-order valence-electron chi connectivity index (χ4n) is 4.75. The second-order valence-electron chi connectivity index (χ2n) is 9.25. The van der Waals surface area contributed by atoms with Crippen LogP contribution in [-0.4, -0.2) is 78.6 Å². The van der Waals surface area contributed by atoms with Crippen LogP contribution in [0.5, 0.6) is 0 Å². The van der Waals surface area contributed by atoms with Crippen molar-refractivity contribution in [1.82, 2.24) is 20.0 Å². The van der Waals surface area contributed by atoms with Crippen LogP contribution < -0.4 is 5.32 Å². The maximum absolute atomic E-state index is 13.7. The molecular weight excluding hydrogens is 492 g/mol. The number of nitrogens with zero attached hydrogens (tertiary/aromatic N) is 4. The van der Waals surface area contributed by atoms with Crippen LogP contribution in [0.3, 0.4) is 0 Å². The molecule has 1 aromatic carbocycles. The van der Waals surface area contributed by atoms with E-state index in [2.05, 4.69) is 22.6 Å². The lowest BCUT2D eigenvalue weighted by Gasteiger charge is -2.17. The minimum atomic E-state index is -1.13. The molecule has 2 aliphatic rings. The summed E-state index contributed by atoms with van der Waals surface area (Å²) >= 11 is 1.59. The van der Waals surface area contributed by atoms with Gasteiger partial charge in [-0.3, -0.25) is 0 Å². The summed E-state index contributed by atoms with van der Waals surface area (Å²) in [6.07, 6.45) is -0.890. The minimum Gasteiger partial charge on any atom is -0.394 e. The maximum atomic E-state index is 13.7. The van der Waals surface area contributed by atoms with Crippen molar-refractivity contribution >= 4 is 28.6 Å². The van der Waals surface area contributed by atoms with E-state index in [0.29, 0.717) is 17.6 Å². The number of thioether (sulfide) groups is 1. The normalized spacial score (nSPS) is 27.6. The van der Waals surface area contributed by atoms with Gasteiger partial charge in [-0.1, -0.05) is 18.2 Å². The van der Waals surface area contributed by atoms with Gasteiger partial charge in [0.25, 0.3) is 0 Å². The number of fused-ring (bicyclic) bond motifs is 1.